The largest absolute Gasteiger partial charge is 0.394 e. The summed E-state index contributed by atoms with van der Waals surface area (Å²) in [5.41, 5.74) is 6.94. The van der Waals surface area contributed by atoms with Crippen molar-refractivity contribution >= 4 is 0 Å². The molecule has 0 amide bonds. The van der Waals surface area contributed by atoms with Crippen LogP contribution in [0.3, 0.4) is 0 Å². The van der Waals surface area contributed by atoms with E-state index in [4.69, 9.17) is 10.8 Å². The second kappa shape index (κ2) is 4.31. The van der Waals surface area contributed by atoms with Gasteiger partial charge in [0.2, 0.25) is 0 Å². The number of nitrogens with zero attached hydrogens (tertiary/aromatic N) is 1. The Bertz CT molecular complexity index is 315. The molecule has 0 saturated carbocycles. The predicted octanol–water partition coefficient (Wildman–Crippen LogP) is 0.582. The lowest BCUT2D eigenvalue weighted by atomic mass is 10.0. The summed E-state index contributed by atoms with van der Waals surface area (Å²) in [6, 6.07) is 10.4. The molecule has 1 heterocycles. The smallest absolute Gasteiger partial charge is 0.0624 e. The van der Waals surface area contributed by atoms with Gasteiger partial charge in [0.15, 0.2) is 0 Å². The van der Waals surface area contributed by atoms with E-state index in [-0.39, 0.29) is 12.1 Å². The maximum Gasteiger partial charge on any atom is 0.0624 e. The number of hydrogen-bond donors (Lipinski definition) is 2. The number of nitrogens with two attached hydrogens (primary N) is 1. The minimum absolute atomic E-state index is 0.0816. The molecule has 1 aromatic rings. The summed E-state index contributed by atoms with van der Waals surface area (Å²) in [4.78, 5) is 2.30. The van der Waals surface area contributed by atoms with E-state index in [2.05, 4.69) is 17.0 Å². The van der Waals surface area contributed by atoms with Crippen LogP contribution in [0.5, 0.6) is 0 Å². The zero-order valence-corrected chi connectivity index (χ0v) is 8.89. The van der Waals surface area contributed by atoms with Crippen LogP contribution in [0.4, 0.5) is 0 Å². The van der Waals surface area contributed by atoms with Crippen LogP contribution in [-0.4, -0.2) is 35.2 Å². The average Bonchev–Trinajstić information content (AvgIpc) is 2.63. The molecular formula is C12H18N2O. The Hall–Kier alpha value is -0.900. The molecule has 0 bridgehead atoms. The van der Waals surface area contributed by atoms with Crippen LogP contribution >= 0.6 is 0 Å². The van der Waals surface area contributed by atoms with Crippen LogP contribution < -0.4 is 5.73 Å². The first kappa shape index (κ1) is 10.6. The Morgan fingerprint density at radius 3 is 2.67 bits per heavy atom. The molecule has 82 valence electrons. The van der Waals surface area contributed by atoms with Gasteiger partial charge in [-0.25, -0.2) is 0 Å². The fraction of sp³-hybridized carbons (Fsp3) is 0.500. The molecule has 1 aliphatic rings. The molecule has 0 spiro atoms. The van der Waals surface area contributed by atoms with Crippen molar-refractivity contribution in [3.05, 3.63) is 35.9 Å². The second-order valence-electron chi connectivity index (χ2n) is 4.47. The second-order valence-corrected chi connectivity index (χ2v) is 4.47. The fourth-order valence-corrected chi connectivity index (χ4v) is 2.09. The number of aliphatic hydroxyl groups excluding tert-OH is 1. The minimum atomic E-state index is -0.380. The standard InChI is InChI=1S/C12H18N2O/c13-12(10-15)6-7-14(9-12)8-11-4-2-1-3-5-11/h1-5,15H,6-10,13H2/t12-/m1/s1. The lowest BCUT2D eigenvalue weighted by molar-refractivity contribution is 0.192. The van der Waals surface area contributed by atoms with Crippen molar-refractivity contribution in [2.24, 2.45) is 5.73 Å². The molecule has 0 aromatic heterocycles. The van der Waals surface area contributed by atoms with Crippen LogP contribution in [0.1, 0.15) is 12.0 Å². The van der Waals surface area contributed by atoms with Gasteiger partial charge in [-0.3, -0.25) is 4.90 Å². The molecule has 3 heteroatoms. The summed E-state index contributed by atoms with van der Waals surface area (Å²) in [5.74, 6) is 0. The van der Waals surface area contributed by atoms with E-state index in [1.165, 1.54) is 5.56 Å². The molecule has 0 unspecified atom stereocenters. The first-order chi connectivity index (χ1) is 7.22. The molecule has 1 saturated heterocycles. The first-order valence-electron chi connectivity index (χ1n) is 5.38. The number of rotatable bonds is 3. The lowest BCUT2D eigenvalue weighted by Crippen LogP contribution is -2.45. The van der Waals surface area contributed by atoms with Gasteiger partial charge in [0.1, 0.15) is 0 Å². The molecule has 1 atom stereocenters. The van der Waals surface area contributed by atoms with E-state index in [0.717, 1.165) is 26.1 Å². The minimum Gasteiger partial charge on any atom is -0.394 e. The molecule has 3 N–H and O–H groups in total. The molecular weight excluding hydrogens is 188 g/mol. The van der Waals surface area contributed by atoms with Gasteiger partial charge >= 0.3 is 0 Å². The summed E-state index contributed by atoms with van der Waals surface area (Å²) >= 11 is 0. The van der Waals surface area contributed by atoms with Crippen molar-refractivity contribution in [1.82, 2.24) is 4.90 Å². The van der Waals surface area contributed by atoms with Gasteiger partial charge in [-0.05, 0) is 12.0 Å². The first-order valence-corrected chi connectivity index (χ1v) is 5.38. The maximum atomic E-state index is 9.16. The molecule has 15 heavy (non-hydrogen) atoms. The summed E-state index contributed by atoms with van der Waals surface area (Å²) in [6.45, 7) is 2.78. The van der Waals surface area contributed by atoms with Crippen molar-refractivity contribution < 1.29 is 5.11 Å². The van der Waals surface area contributed by atoms with E-state index in [0.29, 0.717) is 0 Å². The van der Waals surface area contributed by atoms with Gasteiger partial charge in [0.05, 0.1) is 12.1 Å². The van der Waals surface area contributed by atoms with E-state index < -0.39 is 0 Å². The molecule has 1 aliphatic heterocycles. The molecule has 0 radical (unpaired) electrons. The Labute approximate surface area is 90.5 Å². The summed E-state index contributed by atoms with van der Waals surface area (Å²) in [5, 5.41) is 9.16. The molecule has 1 aromatic carbocycles. The van der Waals surface area contributed by atoms with Gasteiger partial charge in [0, 0.05) is 19.6 Å². The molecule has 0 aliphatic carbocycles. The number of hydrogen-bond acceptors (Lipinski definition) is 3. The summed E-state index contributed by atoms with van der Waals surface area (Å²) in [6.07, 6.45) is 0.885. The van der Waals surface area contributed by atoms with Gasteiger partial charge in [0.25, 0.3) is 0 Å². The van der Waals surface area contributed by atoms with Crippen LogP contribution in [0, 0.1) is 0 Å². The van der Waals surface area contributed by atoms with Crippen LogP contribution in [0.15, 0.2) is 30.3 Å². The van der Waals surface area contributed by atoms with E-state index in [1.54, 1.807) is 0 Å². The third-order valence-corrected chi connectivity index (χ3v) is 3.03. The Morgan fingerprint density at radius 2 is 2.07 bits per heavy atom. The van der Waals surface area contributed by atoms with E-state index in [9.17, 15) is 0 Å². The monoisotopic (exact) mass is 206 g/mol. The molecule has 2 rings (SSSR count). The SMILES string of the molecule is N[C@]1(CO)CCN(Cc2ccccc2)C1. The highest BCUT2D eigenvalue weighted by atomic mass is 16.3. The van der Waals surface area contributed by atoms with Crippen molar-refractivity contribution in [3.63, 3.8) is 0 Å². The summed E-state index contributed by atoms with van der Waals surface area (Å²) < 4.78 is 0. The van der Waals surface area contributed by atoms with Crippen molar-refractivity contribution in [3.8, 4) is 0 Å². The number of benzene rings is 1. The van der Waals surface area contributed by atoms with Crippen molar-refractivity contribution in [1.29, 1.82) is 0 Å². The Kier molecular flexibility index (Phi) is 3.05. The zero-order chi connectivity index (χ0) is 10.7. The average molecular weight is 206 g/mol. The topological polar surface area (TPSA) is 49.5 Å². The van der Waals surface area contributed by atoms with E-state index in [1.807, 2.05) is 18.2 Å². The zero-order valence-electron chi connectivity index (χ0n) is 8.89. The highest BCUT2D eigenvalue weighted by Gasteiger charge is 2.33. The highest BCUT2D eigenvalue weighted by Crippen LogP contribution is 2.19. The number of aliphatic hydroxyl groups is 1. The van der Waals surface area contributed by atoms with E-state index >= 15 is 0 Å². The quantitative estimate of drug-likeness (QED) is 0.760. The van der Waals surface area contributed by atoms with Gasteiger partial charge in [-0.2, -0.15) is 0 Å². The third kappa shape index (κ3) is 2.56. The Balaban J connectivity index is 1.93. The Morgan fingerprint density at radius 1 is 1.33 bits per heavy atom. The molecule has 1 fully saturated rings. The van der Waals surface area contributed by atoms with Gasteiger partial charge in [-0.1, -0.05) is 30.3 Å². The van der Waals surface area contributed by atoms with Gasteiger partial charge in [-0.15, -0.1) is 0 Å². The van der Waals surface area contributed by atoms with Crippen LogP contribution in [-0.2, 0) is 6.54 Å². The van der Waals surface area contributed by atoms with Crippen molar-refractivity contribution in [2.45, 2.75) is 18.5 Å². The lowest BCUT2D eigenvalue weighted by Gasteiger charge is -2.21. The normalized spacial score (nSPS) is 27.1. The maximum absolute atomic E-state index is 9.16. The number of likely N-dealkylation sites (tertiary alicyclic amines) is 1. The molecule has 3 nitrogen and oxygen atoms in total. The fourth-order valence-electron chi connectivity index (χ4n) is 2.09. The predicted molar refractivity (Wildman–Crippen MR) is 60.3 cm³/mol. The summed E-state index contributed by atoms with van der Waals surface area (Å²) in [7, 11) is 0. The highest BCUT2D eigenvalue weighted by molar-refractivity contribution is 5.15. The van der Waals surface area contributed by atoms with Crippen molar-refractivity contribution in [2.75, 3.05) is 19.7 Å². The van der Waals surface area contributed by atoms with Crippen LogP contribution in [0.2, 0.25) is 0 Å². The van der Waals surface area contributed by atoms with Crippen LogP contribution in [0.25, 0.3) is 0 Å². The van der Waals surface area contributed by atoms with Gasteiger partial charge < -0.3 is 10.8 Å². The third-order valence-electron chi connectivity index (χ3n) is 3.03.